The molecular formula is C31H44N2O4. The van der Waals surface area contributed by atoms with Crippen LogP contribution in [-0.4, -0.2) is 43.8 Å². The first-order valence-corrected chi connectivity index (χ1v) is 14.3. The molecule has 1 heterocycles. The summed E-state index contributed by atoms with van der Waals surface area (Å²) in [6, 6.07) is 0. The molecule has 0 amide bonds. The second-order valence-electron chi connectivity index (χ2n) is 12.4. The third-order valence-corrected chi connectivity index (χ3v) is 10.1. The number of rotatable bonds is 7. The van der Waals surface area contributed by atoms with Gasteiger partial charge >= 0.3 is 0 Å². The lowest BCUT2D eigenvalue weighted by molar-refractivity contribution is 0.0862. The molecule has 1 aromatic rings. The summed E-state index contributed by atoms with van der Waals surface area (Å²) in [7, 11) is 0. The van der Waals surface area contributed by atoms with E-state index in [1.807, 2.05) is 13.0 Å². The minimum atomic E-state index is -0.646. The molecule has 0 aromatic carbocycles. The summed E-state index contributed by atoms with van der Waals surface area (Å²) < 4.78 is 5.50. The maximum Gasteiger partial charge on any atom is 0.235 e. The van der Waals surface area contributed by atoms with Gasteiger partial charge in [-0.15, -0.1) is 0 Å². The molecule has 0 bridgehead atoms. The number of aryl methyl sites for hydroxylation is 1. The van der Waals surface area contributed by atoms with E-state index in [1.165, 1.54) is 31.3 Å². The van der Waals surface area contributed by atoms with Crippen molar-refractivity contribution in [2.24, 2.45) is 23.2 Å². The third-order valence-electron chi connectivity index (χ3n) is 10.1. The van der Waals surface area contributed by atoms with E-state index >= 15 is 0 Å². The Labute approximate surface area is 221 Å². The number of hydrogen-bond acceptors (Lipinski definition) is 6. The van der Waals surface area contributed by atoms with Crippen LogP contribution < -0.4 is 0 Å². The molecule has 4 aliphatic carbocycles. The van der Waals surface area contributed by atoms with Gasteiger partial charge in [-0.1, -0.05) is 62.4 Å². The van der Waals surface area contributed by atoms with Gasteiger partial charge < -0.3 is 19.8 Å². The fraction of sp³-hybridized carbons (Fsp3) is 0.677. The number of aliphatic hydroxyl groups excluding tert-OH is 3. The Morgan fingerprint density at radius 1 is 1.16 bits per heavy atom. The van der Waals surface area contributed by atoms with Gasteiger partial charge in [-0.25, -0.2) is 0 Å². The van der Waals surface area contributed by atoms with Crippen molar-refractivity contribution < 1.29 is 19.8 Å². The molecule has 7 atom stereocenters. The Hall–Kier alpha value is -2.02. The van der Waals surface area contributed by atoms with Crippen molar-refractivity contribution in [3.63, 3.8) is 0 Å². The van der Waals surface area contributed by atoms with E-state index in [0.29, 0.717) is 42.3 Å². The van der Waals surface area contributed by atoms with Gasteiger partial charge in [0.15, 0.2) is 5.82 Å². The average Bonchev–Trinajstić information content (AvgIpc) is 3.39. The van der Waals surface area contributed by atoms with Crippen molar-refractivity contribution in [1.82, 2.24) is 10.1 Å². The normalized spacial score (nSPS) is 37.3. The second kappa shape index (κ2) is 10.3. The first-order valence-electron chi connectivity index (χ1n) is 14.3. The summed E-state index contributed by atoms with van der Waals surface area (Å²) in [6.45, 7) is 10.8. The number of fused-ring (bicyclic) bond motifs is 1. The van der Waals surface area contributed by atoms with Crippen LogP contribution in [0.3, 0.4) is 0 Å². The molecule has 37 heavy (non-hydrogen) atoms. The summed E-state index contributed by atoms with van der Waals surface area (Å²) in [4.78, 5) is 4.51. The highest BCUT2D eigenvalue weighted by molar-refractivity contribution is 5.38. The van der Waals surface area contributed by atoms with Gasteiger partial charge in [0.05, 0.1) is 23.7 Å². The molecule has 4 saturated carbocycles. The van der Waals surface area contributed by atoms with Gasteiger partial charge in [0, 0.05) is 12.8 Å². The predicted octanol–water partition coefficient (Wildman–Crippen LogP) is 5.36. The van der Waals surface area contributed by atoms with Crippen LogP contribution in [0, 0.1) is 23.2 Å². The first kappa shape index (κ1) is 26.6. The largest absolute Gasteiger partial charge is 0.393 e. The summed E-state index contributed by atoms with van der Waals surface area (Å²) in [5.41, 5.74) is 3.06. The van der Waals surface area contributed by atoms with Crippen LogP contribution in [0.4, 0.5) is 0 Å². The van der Waals surface area contributed by atoms with E-state index < -0.39 is 23.7 Å². The van der Waals surface area contributed by atoms with Crippen molar-refractivity contribution in [3.8, 4) is 0 Å². The Morgan fingerprint density at radius 2 is 1.95 bits per heavy atom. The van der Waals surface area contributed by atoms with Crippen LogP contribution in [0.1, 0.15) is 90.3 Å². The fourth-order valence-corrected chi connectivity index (χ4v) is 7.58. The van der Waals surface area contributed by atoms with Crippen molar-refractivity contribution in [2.75, 3.05) is 0 Å². The van der Waals surface area contributed by atoms with Gasteiger partial charge in [0.25, 0.3) is 0 Å². The Morgan fingerprint density at radius 3 is 2.65 bits per heavy atom. The van der Waals surface area contributed by atoms with E-state index in [9.17, 15) is 15.3 Å². The maximum absolute atomic E-state index is 11.1. The van der Waals surface area contributed by atoms with Gasteiger partial charge in [-0.05, 0) is 85.7 Å². The van der Waals surface area contributed by atoms with Crippen LogP contribution in [0.15, 0.2) is 52.1 Å². The SMILES string of the molecule is C=C1C(=CC=C2CCC[C@]3(C)[C@@H]([C@H](C)C=C[C@H](O)C4(c5nc(CC)no5)CC4)CC[C@@H]23)C[C@@H](O)C[C@@H]1O. The highest BCUT2D eigenvalue weighted by Crippen LogP contribution is 2.59. The number of nitrogens with zero attached hydrogens (tertiary/aromatic N) is 2. The molecule has 0 aliphatic heterocycles. The Bertz CT molecular complexity index is 1100. The standard InChI is InChI=1S/C31H44N2O4/c1-5-28-32-29(37-33-28)31(15-16-31)27(36)13-8-19(2)24-11-12-25-21(7-6-14-30(24,25)4)9-10-22-17-23(34)18-26(35)20(22)3/h8-10,13,19,23-27,34-36H,3,5-7,11-12,14-18H2,1-2,4H3/t19-,23-,24-,25+,26+,27+,30-/m1/s1. The highest BCUT2D eigenvalue weighted by atomic mass is 16.5. The lowest BCUT2D eigenvalue weighted by Crippen LogP contribution is -2.35. The zero-order valence-corrected chi connectivity index (χ0v) is 22.7. The van der Waals surface area contributed by atoms with Crippen LogP contribution >= 0.6 is 0 Å². The summed E-state index contributed by atoms with van der Waals surface area (Å²) >= 11 is 0. The zero-order chi connectivity index (χ0) is 26.4. The van der Waals surface area contributed by atoms with E-state index in [1.54, 1.807) is 0 Å². The van der Waals surface area contributed by atoms with Gasteiger partial charge in [0.2, 0.25) is 5.89 Å². The topological polar surface area (TPSA) is 99.6 Å². The second-order valence-corrected chi connectivity index (χ2v) is 12.4. The number of allylic oxidation sites excluding steroid dienone is 4. The molecule has 0 saturated heterocycles. The van der Waals surface area contributed by atoms with Crippen molar-refractivity contribution in [2.45, 2.75) is 109 Å². The molecule has 4 fully saturated rings. The van der Waals surface area contributed by atoms with E-state index in [0.717, 1.165) is 36.8 Å². The van der Waals surface area contributed by atoms with E-state index in [-0.39, 0.29) is 5.41 Å². The Balaban J connectivity index is 1.28. The monoisotopic (exact) mass is 508 g/mol. The van der Waals surface area contributed by atoms with Gasteiger partial charge in [0.1, 0.15) is 0 Å². The number of hydrogen-bond donors (Lipinski definition) is 3. The van der Waals surface area contributed by atoms with Crippen molar-refractivity contribution in [1.29, 1.82) is 0 Å². The minimum absolute atomic E-state index is 0.236. The molecule has 0 unspecified atom stereocenters. The van der Waals surface area contributed by atoms with Gasteiger partial charge in [-0.2, -0.15) is 4.98 Å². The molecule has 6 nitrogen and oxygen atoms in total. The molecule has 0 radical (unpaired) electrons. The van der Waals surface area contributed by atoms with Gasteiger partial charge in [-0.3, -0.25) is 0 Å². The molecule has 3 N–H and O–H groups in total. The average molecular weight is 509 g/mol. The molecule has 202 valence electrons. The molecule has 0 spiro atoms. The highest BCUT2D eigenvalue weighted by Gasteiger charge is 2.55. The summed E-state index contributed by atoms with van der Waals surface area (Å²) in [5, 5.41) is 35.4. The lowest BCUT2D eigenvalue weighted by Gasteiger charge is -2.44. The van der Waals surface area contributed by atoms with Crippen LogP contribution in [-0.2, 0) is 11.8 Å². The molecule has 6 heteroatoms. The summed E-state index contributed by atoms with van der Waals surface area (Å²) in [6.07, 6.45) is 16.2. The third kappa shape index (κ3) is 4.93. The minimum Gasteiger partial charge on any atom is -0.393 e. The predicted molar refractivity (Wildman–Crippen MR) is 144 cm³/mol. The van der Waals surface area contributed by atoms with Crippen LogP contribution in [0.25, 0.3) is 0 Å². The summed E-state index contributed by atoms with van der Waals surface area (Å²) in [5.74, 6) is 2.77. The fourth-order valence-electron chi connectivity index (χ4n) is 7.58. The lowest BCUT2D eigenvalue weighted by atomic mass is 9.61. The number of aromatic nitrogens is 2. The zero-order valence-electron chi connectivity index (χ0n) is 22.7. The van der Waals surface area contributed by atoms with E-state index in [4.69, 9.17) is 4.52 Å². The maximum atomic E-state index is 11.1. The van der Waals surface area contributed by atoms with Crippen molar-refractivity contribution >= 4 is 0 Å². The molecule has 5 rings (SSSR count). The Kier molecular flexibility index (Phi) is 7.38. The van der Waals surface area contributed by atoms with E-state index in [2.05, 4.69) is 48.8 Å². The number of aliphatic hydroxyl groups is 3. The quantitative estimate of drug-likeness (QED) is 0.429. The first-order chi connectivity index (χ1) is 17.7. The smallest absolute Gasteiger partial charge is 0.235 e. The van der Waals surface area contributed by atoms with Crippen LogP contribution in [0.2, 0.25) is 0 Å². The van der Waals surface area contributed by atoms with Crippen LogP contribution in [0.5, 0.6) is 0 Å². The molecular weight excluding hydrogens is 464 g/mol. The van der Waals surface area contributed by atoms with Crippen molar-refractivity contribution in [3.05, 3.63) is 59.3 Å². The molecule has 4 aliphatic rings. The molecule has 1 aromatic heterocycles.